The molecule has 1 saturated heterocycles. The molecule has 0 bridgehead atoms. The van der Waals surface area contributed by atoms with Crippen molar-refractivity contribution in [3.05, 3.63) is 24.3 Å². The van der Waals surface area contributed by atoms with E-state index in [1.54, 1.807) is 0 Å². The van der Waals surface area contributed by atoms with Gasteiger partial charge in [-0.3, -0.25) is 0 Å². The van der Waals surface area contributed by atoms with Crippen LogP contribution in [0.5, 0.6) is 5.75 Å². The molecule has 3 rings (SSSR count). The summed E-state index contributed by atoms with van der Waals surface area (Å²) in [4.78, 5) is 2.50. The molecule has 3 heteroatoms. The number of anilines is 1. The second-order valence-corrected chi connectivity index (χ2v) is 6.39. The molecule has 0 spiro atoms. The van der Waals surface area contributed by atoms with Crippen molar-refractivity contribution in [1.82, 2.24) is 5.32 Å². The van der Waals surface area contributed by atoms with Gasteiger partial charge in [0.05, 0.1) is 6.10 Å². The minimum atomic E-state index is 0.239. The summed E-state index contributed by atoms with van der Waals surface area (Å²) < 4.78 is 5.71. The summed E-state index contributed by atoms with van der Waals surface area (Å²) in [6.45, 7) is 6.44. The van der Waals surface area contributed by atoms with E-state index in [0.717, 1.165) is 18.3 Å². The Bertz CT molecular complexity index is 425. The molecule has 1 saturated carbocycles. The molecule has 1 aromatic rings. The van der Waals surface area contributed by atoms with Gasteiger partial charge < -0.3 is 15.0 Å². The average Bonchev–Trinajstić information content (AvgIpc) is 3.23. The average molecular weight is 274 g/mol. The fourth-order valence-electron chi connectivity index (χ4n) is 2.94. The molecule has 2 aliphatic rings. The predicted octanol–water partition coefficient (Wildman–Crippen LogP) is 3.19. The summed E-state index contributed by atoms with van der Waals surface area (Å²) in [5, 5.41) is 3.76. The van der Waals surface area contributed by atoms with E-state index in [-0.39, 0.29) is 6.10 Å². The van der Waals surface area contributed by atoms with E-state index in [4.69, 9.17) is 4.74 Å². The van der Waals surface area contributed by atoms with Gasteiger partial charge in [0.15, 0.2) is 0 Å². The van der Waals surface area contributed by atoms with Crippen molar-refractivity contribution >= 4 is 5.69 Å². The number of hydrogen-bond acceptors (Lipinski definition) is 3. The van der Waals surface area contributed by atoms with Gasteiger partial charge in [-0.25, -0.2) is 0 Å². The highest BCUT2D eigenvalue weighted by Crippen LogP contribution is 2.26. The van der Waals surface area contributed by atoms with Crippen molar-refractivity contribution in [2.45, 2.75) is 57.7 Å². The molecule has 2 fully saturated rings. The Hall–Kier alpha value is -1.22. The van der Waals surface area contributed by atoms with Crippen LogP contribution >= 0.6 is 0 Å². The van der Waals surface area contributed by atoms with Gasteiger partial charge in [0, 0.05) is 30.9 Å². The van der Waals surface area contributed by atoms with Crippen LogP contribution in [0.4, 0.5) is 5.69 Å². The molecular formula is C17H26N2O. The second-order valence-electron chi connectivity index (χ2n) is 6.39. The zero-order valence-electron chi connectivity index (χ0n) is 12.6. The first kappa shape index (κ1) is 13.7. The lowest BCUT2D eigenvalue weighted by Crippen LogP contribution is -2.46. The molecule has 0 amide bonds. The maximum atomic E-state index is 5.71. The Morgan fingerprint density at radius 2 is 1.85 bits per heavy atom. The van der Waals surface area contributed by atoms with Gasteiger partial charge in [0.25, 0.3) is 0 Å². The minimum absolute atomic E-state index is 0.239. The van der Waals surface area contributed by atoms with Crippen molar-refractivity contribution in [2.24, 2.45) is 0 Å². The Kier molecular flexibility index (Phi) is 4.16. The number of benzene rings is 1. The van der Waals surface area contributed by atoms with Crippen LogP contribution in [0.2, 0.25) is 0 Å². The summed E-state index contributed by atoms with van der Waals surface area (Å²) in [7, 11) is 0. The topological polar surface area (TPSA) is 24.5 Å². The molecule has 1 aliphatic heterocycles. The molecule has 110 valence electrons. The van der Waals surface area contributed by atoms with Gasteiger partial charge in [0.1, 0.15) is 5.75 Å². The van der Waals surface area contributed by atoms with Crippen molar-refractivity contribution in [3.8, 4) is 5.75 Å². The van der Waals surface area contributed by atoms with Crippen LogP contribution < -0.4 is 15.0 Å². The van der Waals surface area contributed by atoms with E-state index in [0.29, 0.717) is 6.04 Å². The Balaban J connectivity index is 1.59. The monoisotopic (exact) mass is 274 g/mol. The molecule has 1 unspecified atom stereocenters. The lowest BCUT2D eigenvalue weighted by Gasteiger charge is -2.35. The largest absolute Gasteiger partial charge is 0.491 e. The number of ether oxygens (including phenoxy) is 1. The second kappa shape index (κ2) is 6.04. The van der Waals surface area contributed by atoms with Gasteiger partial charge >= 0.3 is 0 Å². The van der Waals surface area contributed by atoms with Crippen LogP contribution in [-0.4, -0.2) is 31.3 Å². The zero-order chi connectivity index (χ0) is 13.9. The smallest absolute Gasteiger partial charge is 0.119 e. The van der Waals surface area contributed by atoms with E-state index < -0.39 is 0 Å². The summed E-state index contributed by atoms with van der Waals surface area (Å²) in [5.74, 6) is 0.966. The Morgan fingerprint density at radius 1 is 1.10 bits per heavy atom. The molecule has 20 heavy (non-hydrogen) atoms. The molecule has 1 heterocycles. The first-order valence-corrected chi connectivity index (χ1v) is 7.98. The summed E-state index contributed by atoms with van der Waals surface area (Å²) in [6.07, 6.45) is 5.59. The van der Waals surface area contributed by atoms with Crippen LogP contribution in [0.15, 0.2) is 24.3 Å². The lowest BCUT2D eigenvalue weighted by atomic mass is 10.0. The van der Waals surface area contributed by atoms with Gasteiger partial charge in [-0.05, 0) is 63.8 Å². The molecule has 0 aromatic heterocycles. The number of hydrogen-bond donors (Lipinski definition) is 1. The van der Waals surface area contributed by atoms with Crippen LogP contribution in [0.1, 0.15) is 39.5 Å². The first-order valence-electron chi connectivity index (χ1n) is 7.98. The number of nitrogens with zero attached hydrogens (tertiary/aromatic N) is 1. The van der Waals surface area contributed by atoms with Crippen molar-refractivity contribution in [2.75, 3.05) is 18.0 Å². The Morgan fingerprint density at radius 3 is 2.50 bits per heavy atom. The van der Waals surface area contributed by atoms with E-state index in [2.05, 4.69) is 48.3 Å². The van der Waals surface area contributed by atoms with Gasteiger partial charge in [-0.15, -0.1) is 0 Å². The van der Waals surface area contributed by atoms with E-state index in [1.807, 2.05) is 0 Å². The van der Waals surface area contributed by atoms with Crippen LogP contribution in [0.25, 0.3) is 0 Å². The number of piperidine rings is 1. The van der Waals surface area contributed by atoms with Crippen LogP contribution in [0, 0.1) is 0 Å². The summed E-state index contributed by atoms with van der Waals surface area (Å²) >= 11 is 0. The molecule has 3 nitrogen and oxygen atoms in total. The summed E-state index contributed by atoms with van der Waals surface area (Å²) in [6, 6.07) is 10.0. The van der Waals surface area contributed by atoms with Gasteiger partial charge in [-0.1, -0.05) is 0 Å². The quantitative estimate of drug-likeness (QED) is 0.892. The van der Waals surface area contributed by atoms with E-state index >= 15 is 0 Å². The van der Waals surface area contributed by atoms with Gasteiger partial charge in [-0.2, -0.15) is 0 Å². The van der Waals surface area contributed by atoms with Gasteiger partial charge in [0.2, 0.25) is 0 Å². The standard InChI is InChI=1S/C17H26N2O/c1-13(2)20-17-9-7-16(8-10-17)19-11-3-4-15(12-19)18-14-5-6-14/h7-10,13-15,18H,3-6,11-12H2,1-2H3. The molecule has 0 radical (unpaired) electrons. The van der Waals surface area contributed by atoms with E-state index in [1.165, 1.54) is 37.9 Å². The normalized spacial score (nSPS) is 23.1. The van der Waals surface area contributed by atoms with Crippen LogP contribution in [0.3, 0.4) is 0 Å². The molecule has 1 aliphatic carbocycles. The lowest BCUT2D eigenvalue weighted by molar-refractivity contribution is 0.242. The SMILES string of the molecule is CC(C)Oc1ccc(N2CCCC(NC3CC3)C2)cc1. The maximum Gasteiger partial charge on any atom is 0.119 e. The predicted molar refractivity (Wildman–Crippen MR) is 83.6 cm³/mol. The Labute approximate surface area is 122 Å². The maximum absolute atomic E-state index is 5.71. The first-order chi connectivity index (χ1) is 9.70. The third kappa shape index (κ3) is 3.66. The highest BCUT2D eigenvalue weighted by atomic mass is 16.5. The van der Waals surface area contributed by atoms with Crippen molar-refractivity contribution in [3.63, 3.8) is 0 Å². The zero-order valence-corrected chi connectivity index (χ0v) is 12.6. The number of nitrogens with one attached hydrogen (secondary N) is 1. The summed E-state index contributed by atoms with van der Waals surface area (Å²) in [5.41, 5.74) is 1.32. The molecular weight excluding hydrogens is 248 g/mol. The fourth-order valence-corrected chi connectivity index (χ4v) is 2.94. The van der Waals surface area contributed by atoms with Crippen molar-refractivity contribution < 1.29 is 4.74 Å². The van der Waals surface area contributed by atoms with Crippen LogP contribution in [-0.2, 0) is 0 Å². The van der Waals surface area contributed by atoms with Crippen molar-refractivity contribution in [1.29, 1.82) is 0 Å². The molecule has 1 aromatic carbocycles. The molecule has 1 N–H and O–H groups in total. The highest BCUT2D eigenvalue weighted by Gasteiger charge is 2.27. The number of rotatable bonds is 5. The van der Waals surface area contributed by atoms with E-state index in [9.17, 15) is 0 Å². The minimum Gasteiger partial charge on any atom is -0.491 e. The third-order valence-electron chi connectivity index (χ3n) is 4.04. The third-order valence-corrected chi connectivity index (χ3v) is 4.04. The molecule has 1 atom stereocenters. The fraction of sp³-hybridized carbons (Fsp3) is 0.647. The highest BCUT2D eigenvalue weighted by molar-refractivity contribution is 5.49.